The third-order valence-electron chi connectivity index (χ3n) is 5.74. The van der Waals surface area contributed by atoms with E-state index in [1.807, 2.05) is 24.3 Å². The smallest absolute Gasteiger partial charge is 0.119 e. The SMILES string of the molecule is CCC(C)c1cc(C(C)(C)c2ccc(O)cc2C(C)CC)ccc1O. The van der Waals surface area contributed by atoms with Gasteiger partial charge in [-0.1, -0.05) is 59.7 Å². The normalized spacial score (nSPS) is 14.3. The molecule has 0 radical (unpaired) electrons. The number of hydrogen-bond acceptors (Lipinski definition) is 2. The van der Waals surface area contributed by atoms with Crippen LogP contribution >= 0.6 is 0 Å². The van der Waals surface area contributed by atoms with Crippen LogP contribution in [-0.2, 0) is 5.41 Å². The largest absolute Gasteiger partial charge is 0.508 e. The molecule has 0 aliphatic heterocycles. The van der Waals surface area contributed by atoms with Crippen molar-refractivity contribution >= 4 is 0 Å². The fourth-order valence-electron chi connectivity index (χ4n) is 3.46. The Morgan fingerprint density at radius 2 is 1.44 bits per heavy atom. The summed E-state index contributed by atoms with van der Waals surface area (Å²) in [7, 11) is 0. The quantitative estimate of drug-likeness (QED) is 0.634. The van der Waals surface area contributed by atoms with Crippen molar-refractivity contribution in [1.82, 2.24) is 0 Å². The Balaban J connectivity index is 2.60. The monoisotopic (exact) mass is 340 g/mol. The average Bonchev–Trinajstić information content (AvgIpc) is 2.60. The second kappa shape index (κ2) is 7.51. The molecule has 2 N–H and O–H groups in total. The molecule has 0 saturated carbocycles. The predicted octanol–water partition coefficient (Wildman–Crippen LogP) is 6.45. The highest BCUT2D eigenvalue weighted by molar-refractivity contribution is 5.49. The van der Waals surface area contributed by atoms with Gasteiger partial charge in [0, 0.05) is 5.41 Å². The van der Waals surface area contributed by atoms with Gasteiger partial charge in [-0.2, -0.15) is 0 Å². The van der Waals surface area contributed by atoms with Crippen LogP contribution in [0.25, 0.3) is 0 Å². The molecular weight excluding hydrogens is 308 g/mol. The molecule has 0 aromatic heterocycles. The number of aromatic hydroxyl groups is 2. The van der Waals surface area contributed by atoms with E-state index in [9.17, 15) is 10.2 Å². The molecule has 0 spiro atoms. The van der Waals surface area contributed by atoms with Crippen LogP contribution < -0.4 is 0 Å². The number of phenols is 2. The van der Waals surface area contributed by atoms with Gasteiger partial charge in [0.1, 0.15) is 11.5 Å². The van der Waals surface area contributed by atoms with Crippen molar-refractivity contribution in [3.63, 3.8) is 0 Å². The van der Waals surface area contributed by atoms with Gasteiger partial charge in [-0.25, -0.2) is 0 Å². The summed E-state index contributed by atoms with van der Waals surface area (Å²) in [4.78, 5) is 0. The summed E-state index contributed by atoms with van der Waals surface area (Å²) >= 11 is 0. The van der Waals surface area contributed by atoms with E-state index in [0.29, 0.717) is 23.3 Å². The molecule has 0 heterocycles. The van der Waals surface area contributed by atoms with Gasteiger partial charge in [0.25, 0.3) is 0 Å². The zero-order valence-corrected chi connectivity index (χ0v) is 16.4. The van der Waals surface area contributed by atoms with Crippen LogP contribution in [-0.4, -0.2) is 10.2 Å². The molecule has 0 bridgehead atoms. The minimum atomic E-state index is -0.206. The van der Waals surface area contributed by atoms with Crippen molar-refractivity contribution in [1.29, 1.82) is 0 Å². The summed E-state index contributed by atoms with van der Waals surface area (Å²) in [5.74, 6) is 1.40. The van der Waals surface area contributed by atoms with E-state index < -0.39 is 0 Å². The third kappa shape index (κ3) is 3.84. The fraction of sp³-hybridized carbons (Fsp3) is 0.478. The molecule has 136 valence electrons. The van der Waals surface area contributed by atoms with Gasteiger partial charge in [0.05, 0.1) is 0 Å². The summed E-state index contributed by atoms with van der Waals surface area (Å²) in [5, 5.41) is 20.2. The lowest BCUT2D eigenvalue weighted by atomic mass is 9.73. The van der Waals surface area contributed by atoms with Crippen LogP contribution in [0.3, 0.4) is 0 Å². The molecule has 2 unspecified atom stereocenters. The second-order valence-corrected chi connectivity index (χ2v) is 7.79. The minimum absolute atomic E-state index is 0.206. The van der Waals surface area contributed by atoms with Gasteiger partial charge < -0.3 is 10.2 Å². The Labute approximate surface area is 152 Å². The highest BCUT2D eigenvalue weighted by Crippen LogP contribution is 2.41. The summed E-state index contributed by atoms with van der Waals surface area (Å²) < 4.78 is 0. The topological polar surface area (TPSA) is 40.5 Å². The van der Waals surface area contributed by atoms with E-state index in [4.69, 9.17) is 0 Å². The molecule has 2 aromatic carbocycles. The first kappa shape index (κ1) is 19.4. The zero-order valence-electron chi connectivity index (χ0n) is 16.4. The maximum Gasteiger partial charge on any atom is 0.119 e. The van der Waals surface area contributed by atoms with Gasteiger partial charge in [-0.05, 0) is 65.1 Å². The summed E-state index contributed by atoms with van der Waals surface area (Å²) in [5.41, 5.74) is 4.43. The highest BCUT2D eigenvalue weighted by Gasteiger charge is 2.28. The van der Waals surface area contributed by atoms with E-state index in [-0.39, 0.29) is 5.41 Å². The van der Waals surface area contributed by atoms with Crippen molar-refractivity contribution in [3.05, 3.63) is 58.7 Å². The van der Waals surface area contributed by atoms with Gasteiger partial charge in [0.15, 0.2) is 0 Å². The van der Waals surface area contributed by atoms with Crippen molar-refractivity contribution in [2.75, 3.05) is 0 Å². The molecule has 0 saturated heterocycles. The number of rotatable bonds is 6. The zero-order chi connectivity index (χ0) is 18.8. The Kier molecular flexibility index (Phi) is 5.82. The van der Waals surface area contributed by atoms with Crippen molar-refractivity contribution in [2.45, 2.75) is 71.6 Å². The Morgan fingerprint density at radius 1 is 0.840 bits per heavy atom. The summed E-state index contributed by atoms with van der Waals surface area (Å²) in [6.45, 7) is 13.1. The molecule has 0 fully saturated rings. The maximum atomic E-state index is 10.3. The number of hydrogen-bond donors (Lipinski definition) is 2. The lowest BCUT2D eigenvalue weighted by Gasteiger charge is -2.31. The van der Waals surface area contributed by atoms with Gasteiger partial charge in [-0.3, -0.25) is 0 Å². The summed E-state index contributed by atoms with van der Waals surface area (Å²) in [6.07, 6.45) is 2.02. The third-order valence-corrected chi connectivity index (χ3v) is 5.74. The van der Waals surface area contributed by atoms with Crippen LogP contribution in [0.1, 0.15) is 88.5 Å². The van der Waals surface area contributed by atoms with Crippen LogP contribution in [0.4, 0.5) is 0 Å². The molecule has 2 nitrogen and oxygen atoms in total. The standard InChI is InChI=1S/C23H32O2/c1-7-15(3)19-14-18(24)10-11-21(19)23(5,6)17-9-12-22(25)20(13-17)16(4)8-2/h9-16,24-25H,7-8H2,1-6H3. The van der Waals surface area contributed by atoms with E-state index in [1.165, 1.54) is 16.7 Å². The molecule has 2 atom stereocenters. The van der Waals surface area contributed by atoms with Crippen molar-refractivity contribution < 1.29 is 10.2 Å². The van der Waals surface area contributed by atoms with E-state index in [0.717, 1.165) is 18.4 Å². The average molecular weight is 341 g/mol. The molecule has 2 rings (SSSR count). The Hall–Kier alpha value is -1.96. The molecule has 2 heteroatoms. The molecule has 0 aliphatic carbocycles. The molecule has 0 amide bonds. The molecule has 25 heavy (non-hydrogen) atoms. The lowest BCUT2D eigenvalue weighted by molar-refractivity contribution is 0.460. The van der Waals surface area contributed by atoms with E-state index >= 15 is 0 Å². The second-order valence-electron chi connectivity index (χ2n) is 7.79. The van der Waals surface area contributed by atoms with Crippen LogP contribution in [0.2, 0.25) is 0 Å². The van der Waals surface area contributed by atoms with E-state index in [1.54, 1.807) is 6.07 Å². The Bertz CT molecular complexity index is 731. The first-order chi connectivity index (χ1) is 11.7. The highest BCUT2D eigenvalue weighted by atomic mass is 16.3. The van der Waals surface area contributed by atoms with Crippen molar-refractivity contribution in [2.24, 2.45) is 0 Å². The van der Waals surface area contributed by atoms with Crippen LogP contribution in [0.5, 0.6) is 11.5 Å². The van der Waals surface area contributed by atoms with Gasteiger partial charge in [0.2, 0.25) is 0 Å². The van der Waals surface area contributed by atoms with Gasteiger partial charge in [-0.15, -0.1) is 0 Å². The van der Waals surface area contributed by atoms with E-state index in [2.05, 4.69) is 47.6 Å². The van der Waals surface area contributed by atoms with Gasteiger partial charge >= 0.3 is 0 Å². The summed E-state index contributed by atoms with van der Waals surface area (Å²) in [6, 6.07) is 11.7. The minimum Gasteiger partial charge on any atom is -0.508 e. The first-order valence-electron chi connectivity index (χ1n) is 9.39. The lowest BCUT2D eigenvalue weighted by Crippen LogP contribution is -2.22. The van der Waals surface area contributed by atoms with Crippen LogP contribution in [0, 0.1) is 0 Å². The Morgan fingerprint density at radius 3 is 2.04 bits per heavy atom. The first-order valence-corrected chi connectivity index (χ1v) is 9.39. The molecule has 2 aromatic rings. The number of benzene rings is 2. The van der Waals surface area contributed by atoms with Crippen molar-refractivity contribution in [3.8, 4) is 11.5 Å². The number of phenolic OH excluding ortho intramolecular Hbond substituents is 2. The maximum absolute atomic E-state index is 10.3. The predicted molar refractivity (Wildman–Crippen MR) is 106 cm³/mol. The molecular formula is C23H32O2. The fourth-order valence-corrected chi connectivity index (χ4v) is 3.46. The molecule has 0 aliphatic rings. The van der Waals surface area contributed by atoms with Crippen LogP contribution in [0.15, 0.2) is 36.4 Å².